The van der Waals surface area contributed by atoms with Crippen LogP contribution in [0.4, 0.5) is 14.5 Å². The highest BCUT2D eigenvalue weighted by molar-refractivity contribution is 6.30. The zero-order valence-electron chi connectivity index (χ0n) is 10.2. The number of nitrogens with two attached hydrogens (primary N) is 1. The minimum Gasteiger partial charge on any atom is -0.486 e. The van der Waals surface area contributed by atoms with Gasteiger partial charge in [0.05, 0.1) is 5.02 Å². The van der Waals surface area contributed by atoms with Crippen molar-refractivity contribution < 1.29 is 13.5 Å². The molecule has 0 aliphatic carbocycles. The minimum atomic E-state index is -0.544. The lowest BCUT2D eigenvalue weighted by Gasteiger charge is -2.10. The first kappa shape index (κ1) is 13.6. The number of benzene rings is 2. The van der Waals surface area contributed by atoms with Gasteiger partial charge in [0, 0.05) is 11.8 Å². The summed E-state index contributed by atoms with van der Waals surface area (Å²) in [5.41, 5.74) is 7.22. The predicted molar refractivity (Wildman–Crippen MR) is 71.3 cm³/mol. The van der Waals surface area contributed by atoms with Gasteiger partial charge in [0.1, 0.15) is 12.4 Å². The molecule has 0 atom stereocenters. The van der Waals surface area contributed by atoms with Crippen molar-refractivity contribution in [3.8, 4) is 5.75 Å². The number of halogens is 3. The van der Waals surface area contributed by atoms with E-state index in [1.807, 2.05) is 0 Å². The summed E-state index contributed by atoms with van der Waals surface area (Å²) >= 11 is 5.57. The lowest BCUT2D eigenvalue weighted by Crippen LogP contribution is -2.00. The van der Waals surface area contributed by atoms with Gasteiger partial charge in [-0.05, 0) is 36.2 Å². The number of nitrogen functional groups attached to an aromatic ring is 1. The first-order chi connectivity index (χ1) is 8.97. The Balaban J connectivity index is 2.14. The monoisotopic (exact) mass is 283 g/mol. The van der Waals surface area contributed by atoms with Gasteiger partial charge >= 0.3 is 0 Å². The zero-order valence-corrected chi connectivity index (χ0v) is 11.0. The van der Waals surface area contributed by atoms with E-state index in [2.05, 4.69) is 0 Å². The molecule has 0 aliphatic heterocycles. The second-order valence-electron chi connectivity index (χ2n) is 4.18. The van der Waals surface area contributed by atoms with Gasteiger partial charge in [0.25, 0.3) is 0 Å². The van der Waals surface area contributed by atoms with Crippen molar-refractivity contribution in [1.29, 1.82) is 0 Å². The van der Waals surface area contributed by atoms with Crippen LogP contribution in [0.2, 0.25) is 5.02 Å². The normalized spacial score (nSPS) is 10.5. The molecule has 5 heteroatoms. The highest BCUT2D eigenvalue weighted by Gasteiger charge is 2.08. The predicted octanol–water partition coefficient (Wildman–Crippen LogP) is 4.09. The molecule has 2 aromatic carbocycles. The van der Waals surface area contributed by atoms with Crippen LogP contribution < -0.4 is 10.5 Å². The van der Waals surface area contributed by atoms with Crippen molar-refractivity contribution in [1.82, 2.24) is 0 Å². The Hall–Kier alpha value is -1.81. The average molecular weight is 284 g/mol. The van der Waals surface area contributed by atoms with Crippen LogP contribution in [0.1, 0.15) is 11.1 Å². The highest BCUT2D eigenvalue weighted by atomic mass is 35.5. The van der Waals surface area contributed by atoms with Crippen LogP contribution in [-0.2, 0) is 6.61 Å². The molecular weight excluding hydrogens is 272 g/mol. The van der Waals surface area contributed by atoms with Crippen molar-refractivity contribution in [2.24, 2.45) is 0 Å². The Bertz CT molecular complexity index is 617. The molecule has 0 aliphatic rings. The molecule has 2 nitrogen and oxygen atoms in total. The molecule has 2 aromatic rings. The maximum absolute atomic E-state index is 13.6. The van der Waals surface area contributed by atoms with Gasteiger partial charge in [-0.15, -0.1) is 0 Å². The Kier molecular flexibility index (Phi) is 3.90. The van der Waals surface area contributed by atoms with Gasteiger partial charge in [-0.25, -0.2) is 8.78 Å². The molecule has 0 heterocycles. The van der Waals surface area contributed by atoms with Gasteiger partial charge in [-0.2, -0.15) is 0 Å². The Labute approximate surface area is 114 Å². The maximum Gasteiger partial charge on any atom is 0.167 e. The lowest BCUT2D eigenvalue weighted by molar-refractivity contribution is 0.289. The van der Waals surface area contributed by atoms with E-state index >= 15 is 0 Å². The lowest BCUT2D eigenvalue weighted by atomic mass is 10.2. The van der Waals surface area contributed by atoms with Crippen molar-refractivity contribution in [3.63, 3.8) is 0 Å². The molecule has 0 spiro atoms. The SMILES string of the molecule is Cc1cc(OCc2ccc(Cl)c(F)c2)c(F)cc1N. The molecule has 19 heavy (non-hydrogen) atoms. The molecule has 0 unspecified atom stereocenters. The molecule has 0 radical (unpaired) electrons. The van der Waals surface area contributed by atoms with E-state index in [4.69, 9.17) is 22.1 Å². The van der Waals surface area contributed by atoms with Crippen LogP contribution in [0, 0.1) is 18.6 Å². The first-order valence-electron chi connectivity index (χ1n) is 5.59. The average Bonchev–Trinajstić information content (AvgIpc) is 2.36. The van der Waals surface area contributed by atoms with Crippen molar-refractivity contribution >= 4 is 17.3 Å². The fourth-order valence-electron chi connectivity index (χ4n) is 1.57. The molecule has 100 valence electrons. The van der Waals surface area contributed by atoms with Gasteiger partial charge < -0.3 is 10.5 Å². The van der Waals surface area contributed by atoms with E-state index in [-0.39, 0.29) is 17.4 Å². The molecule has 2 N–H and O–H groups in total. The largest absolute Gasteiger partial charge is 0.486 e. The zero-order chi connectivity index (χ0) is 14.0. The van der Waals surface area contributed by atoms with Crippen LogP contribution in [0.3, 0.4) is 0 Å². The van der Waals surface area contributed by atoms with Crippen molar-refractivity contribution in [2.75, 3.05) is 5.73 Å². The van der Waals surface area contributed by atoms with Crippen molar-refractivity contribution in [3.05, 3.63) is 58.1 Å². The summed E-state index contributed by atoms with van der Waals surface area (Å²) in [6.07, 6.45) is 0. The summed E-state index contributed by atoms with van der Waals surface area (Å²) in [6, 6.07) is 7.02. The third-order valence-corrected chi connectivity index (χ3v) is 3.01. The Morgan fingerprint density at radius 2 is 1.89 bits per heavy atom. The fourth-order valence-corrected chi connectivity index (χ4v) is 1.69. The smallest absolute Gasteiger partial charge is 0.167 e. The summed E-state index contributed by atoms with van der Waals surface area (Å²) in [7, 11) is 0. The van der Waals surface area contributed by atoms with Crippen LogP contribution in [0.5, 0.6) is 5.75 Å². The summed E-state index contributed by atoms with van der Waals surface area (Å²) in [5, 5.41) is 0.0401. The molecule has 0 saturated carbocycles. The van der Waals surface area contributed by atoms with E-state index in [1.54, 1.807) is 13.0 Å². The first-order valence-corrected chi connectivity index (χ1v) is 5.97. The summed E-state index contributed by atoms with van der Waals surface area (Å²) in [5.74, 6) is -0.990. The van der Waals surface area contributed by atoms with E-state index in [9.17, 15) is 8.78 Å². The summed E-state index contributed by atoms with van der Waals surface area (Å²) in [4.78, 5) is 0. The van der Waals surface area contributed by atoms with Crippen LogP contribution in [0.15, 0.2) is 30.3 Å². The minimum absolute atomic E-state index is 0.0401. The maximum atomic E-state index is 13.6. The quantitative estimate of drug-likeness (QED) is 0.861. The molecule has 2 rings (SSSR count). The van der Waals surface area contributed by atoms with Crippen molar-refractivity contribution in [2.45, 2.75) is 13.5 Å². The van der Waals surface area contributed by atoms with Crippen LogP contribution in [0.25, 0.3) is 0 Å². The molecular formula is C14H12ClF2NO. The summed E-state index contributed by atoms with van der Waals surface area (Å²) < 4.78 is 32.1. The van der Waals surface area contributed by atoms with E-state index in [0.717, 1.165) is 5.56 Å². The number of hydrogen-bond donors (Lipinski definition) is 1. The Morgan fingerprint density at radius 1 is 1.16 bits per heavy atom. The van der Waals surface area contributed by atoms with Gasteiger partial charge in [-0.3, -0.25) is 0 Å². The second kappa shape index (κ2) is 5.45. The number of ether oxygens (including phenoxy) is 1. The van der Waals surface area contributed by atoms with Gasteiger partial charge in [0.2, 0.25) is 0 Å². The number of hydrogen-bond acceptors (Lipinski definition) is 2. The number of aryl methyl sites for hydroxylation is 1. The summed E-state index contributed by atoms with van der Waals surface area (Å²) in [6.45, 7) is 1.80. The third-order valence-electron chi connectivity index (χ3n) is 2.70. The van der Waals surface area contributed by atoms with Gasteiger partial charge in [0.15, 0.2) is 11.6 Å². The fraction of sp³-hybridized carbons (Fsp3) is 0.143. The molecule has 0 bridgehead atoms. The Morgan fingerprint density at radius 3 is 2.58 bits per heavy atom. The second-order valence-corrected chi connectivity index (χ2v) is 4.58. The van der Waals surface area contributed by atoms with E-state index in [1.165, 1.54) is 24.3 Å². The number of anilines is 1. The van der Waals surface area contributed by atoms with Crippen LogP contribution in [-0.4, -0.2) is 0 Å². The topological polar surface area (TPSA) is 35.2 Å². The number of rotatable bonds is 3. The molecule has 0 amide bonds. The third kappa shape index (κ3) is 3.15. The van der Waals surface area contributed by atoms with Crippen LogP contribution >= 0.6 is 11.6 Å². The molecule has 0 saturated heterocycles. The highest BCUT2D eigenvalue weighted by Crippen LogP contribution is 2.24. The van der Waals surface area contributed by atoms with E-state index < -0.39 is 11.6 Å². The van der Waals surface area contributed by atoms with Gasteiger partial charge in [-0.1, -0.05) is 17.7 Å². The molecule has 0 aromatic heterocycles. The standard InChI is InChI=1S/C14H12ClF2NO/c1-8-4-14(12(17)6-13(8)18)19-7-9-2-3-10(15)11(16)5-9/h2-6H,7,18H2,1H3. The van der Waals surface area contributed by atoms with E-state index in [0.29, 0.717) is 11.3 Å². The molecule has 0 fully saturated rings.